The molecule has 0 N–H and O–H groups in total. The molecule has 2 aromatic rings. The van der Waals surface area contributed by atoms with Crippen LogP contribution >= 0.6 is 23.4 Å². The summed E-state index contributed by atoms with van der Waals surface area (Å²) >= 11 is 7.31. The highest BCUT2D eigenvalue weighted by atomic mass is 35.5. The Hall–Kier alpha value is -1.64. The van der Waals surface area contributed by atoms with E-state index >= 15 is 0 Å². The first kappa shape index (κ1) is 10.9. The smallest absolute Gasteiger partial charge is 0.122 e. The lowest BCUT2D eigenvalue weighted by Crippen LogP contribution is -1.87. The highest BCUT2D eigenvalue weighted by Gasteiger charge is 2.09. The minimum absolute atomic E-state index is 0.355. The molecule has 0 saturated heterocycles. The molecule has 4 nitrogen and oxygen atoms in total. The third-order valence-electron chi connectivity index (χ3n) is 1.73. The van der Waals surface area contributed by atoms with Crippen LogP contribution in [0.3, 0.4) is 0 Å². The van der Waals surface area contributed by atoms with Crippen molar-refractivity contribution >= 4 is 23.4 Å². The highest BCUT2D eigenvalue weighted by Crippen LogP contribution is 2.31. The Labute approximate surface area is 101 Å². The van der Waals surface area contributed by atoms with Crippen LogP contribution in [0.5, 0.6) is 0 Å². The lowest BCUT2D eigenvalue weighted by atomic mass is 10.3. The third-order valence-corrected chi connectivity index (χ3v) is 3.18. The monoisotopic (exact) mass is 248 g/mol. The summed E-state index contributed by atoms with van der Waals surface area (Å²) in [6.07, 6.45) is 4.63. The van der Waals surface area contributed by atoms with Crippen molar-refractivity contribution in [2.75, 3.05) is 0 Å². The number of hydrogen-bond acceptors (Lipinski definition) is 5. The summed E-state index contributed by atoms with van der Waals surface area (Å²) in [4.78, 5) is 12.0. The van der Waals surface area contributed by atoms with Gasteiger partial charge in [-0.25, -0.2) is 15.0 Å². The summed E-state index contributed by atoms with van der Waals surface area (Å²) in [7, 11) is 0. The predicted molar refractivity (Wildman–Crippen MR) is 60.1 cm³/mol. The number of nitriles is 1. The van der Waals surface area contributed by atoms with Gasteiger partial charge in [-0.1, -0.05) is 11.6 Å². The predicted octanol–water partition coefficient (Wildman–Crippen LogP) is 2.55. The summed E-state index contributed by atoms with van der Waals surface area (Å²) in [5.41, 5.74) is 0.410. The summed E-state index contributed by atoms with van der Waals surface area (Å²) in [5.74, 6) is 0. The Bertz CT molecular complexity index is 538. The van der Waals surface area contributed by atoms with Gasteiger partial charge in [-0.05, 0) is 23.9 Å². The molecule has 16 heavy (non-hydrogen) atoms. The molecule has 0 fully saturated rings. The van der Waals surface area contributed by atoms with E-state index in [4.69, 9.17) is 16.9 Å². The number of nitrogens with zero attached hydrogens (tertiary/aromatic N) is 4. The van der Waals surface area contributed by atoms with E-state index in [1.54, 1.807) is 24.5 Å². The standard InChI is InChI=1S/C10H5ClN4S/c11-9-7(5-12)1-4-14-10(9)16-8-2-3-13-6-15-8/h1-4,6H. The molecule has 0 spiro atoms. The maximum atomic E-state index is 8.81. The first-order valence-electron chi connectivity index (χ1n) is 4.29. The average Bonchev–Trinajstić information content (AvgIpc) is 2.33. The summed E-state index contributed by atoms with van der Waals surface area (Å²) in [6.45, 7) is 0. The van der Waals surface area contributed by atoms with E-state index in [2.05, 4.69) is 15.0 Å². The van der Waals surface area contributed by atoms with Gasteiger partial charge >= 0.3 is 0 Å². The van der Waals surface area contributed by atoms with E-state index in [0.29, 0.717) is 15.6 Å². The molecule has 0 amide bonds. The van der Waals surface area contributed by atoms with Gasteiger partial charge in [0.15, 0.2) is 0 Å². The van der Waals surface area contributed by atoms with Crippen LogP contribution in [0.2, 0.25) is 5.02 Å². The molecule has 0 radical (unpaired) electrons. The molecule has 6 heteroatoms. The van der Waals surface area contributed by atoms with Crippen molar-refractivity contribution in [2.45, 2.75) is 10.1 Å². The Morgan fingerprint density at radius 2 is 2.12 bits per heavy atom. The molecular formula is C10H5ClN4S. The zero-order chi connectivity index (χ0) is 11.4. The van der Waals surface area contributed by atoms with Gasteiger partial charge in [0, 0.05) is 12.4 Å². The van der Waals surface area contributed by atoms with Crippen LogP contribution in [0.25, 0.3) is 0 Å². The van der Waals surface area contributed by atoms with Crippen molar-refractivity contribution in [1.29, 1.82) is 5.26 Å². The first-order valence-corrected chi connectivity index (χ1v) is 5.49. The van der Waals surface area contributed by atoms with Crippen molar-refractivity contribution in [3.8, 4) is 6.07 Å². The Morgan fingerprint density at radius 1 is 1.25 bits per heavy atom. The highest BCUT2D eigenvalue weighted by molar-refractivity contribution is 7.99. The van der Waals surface area contributed by atoms with Crippen molar-refractivity contribution < 1.29 is 0 Å². The Kier molecular flexibility index (Phi) is 3.34. The van der Waals surface area contributed by atoms with Crippen LogP contribution in [0.15, 0.2) is 40.9 Å². The van der Waals surface area contributed by atoms with Crippen molar-refractivity contribution in [3.05, 3.63) is 41.4 Å². The zero-order valence-corrected chi connectivity index (χ0v) is 9.53. The summed E-state index contributed by atoms with van der Waals surface area (Å²) < 4.78 is 0. The summed E-state index contributed by atoms with van der Waals surface area (Å²) in [5, 5.41) is 10.5. The van der Waals surface area contributed by atoms with E-state index in [-0.39, 0.29) is 0 Å². The van der Waals surface area contributed by atoms with Gasteiger partial charge in [0.1, 0.15) is 22.4 Å². The number of aromatic nitrogens is 3. The second kappa shape index (κ2) is 4.92. The van der Waals surface area contributed by atoms with Crippen LogP contribution in [-0.2, 0) is 0 Å². The number of rotatable bonds is 2. The second-order valence-electron chi connectivity index (χ2n) is 2.74. The van der Waals surface area contributed by atoms with Gasteiger partial charge in [0.25, 0.3) is 0 Å². The second-order valence-corrected chi connectivity index (χ2v) is 4.13. The van der Waals surface area contributed by atoms with Gasteiger partial charge in [0.2, 0.25) is 0 Å². The Balaban J connectivity index is 2.33. The van der Waals surface area contributed by atoms with E-state index in [1.165, 1.54) is 18.1 Å². The fourth-order valence-electron chi connectivity index (χ4n) is 1.02. The van der Waals surface area contributed by atoms with E-state index < -0.39 is 0 Å². The van der Waals surface area contributed by atoms with E-state index in [1.807, 2.05) is 6.07 Å². The number of pyridine rings is 1. The quantitative estimate of drug-likeness (QED) is 0.765. The van der Waals surface area contributed by atoms with Crippen LogP contribution in [0, 0.1) is 11.3 Å². The molecule has 2 aromatic heterocycles. The van der Waals surface area contributed by atoms with Crippen LogP contribution in [0.4, 0.5) is 0 Å². The molecule has 0 saturated carbocycles. The van der Waals surface area contributed by atoms with Gasteiger partial charge in [-0.3, -0.25) is 0 Å². The van der Waals surface area contributed by atoms with Crippen LogP contribution in [0.1, 0.15) is 5.56 Å². The van der Waals surface area contributed by atoms with Crippen molar-refractivity contribution in [2.24, 2.45) is 0 Å². The largest absolute Gasteiger partial charge is 0.248 e. The van der Waals surface area contributed by atoms with Crippen LogP contribution < -0.4 is 0 Å². The molecule has 0 aromatic carbocycles. The molecule has 0 aliphatic heterocycles. The minimum atomic E-state index is 0.355. The molecule has 2 rings (SSSR count). The van der Waals surface area contributed by atoms with Crippen molar-refractivity contribution in [1.82, 2.24) is 15.0 Å². The minimum Gasteiger partial charge on any atom is -0.248 e. The molecule has 0 bridgehead atoms. The van der Waals surface area contributed by atoms with Crippen molar-refractivity contribution in [3.63, 3.8) is 0 Å². The maximum absolute atomic E-state index is 8.81. The first-order chi connectivity index (χ1) is 7.81. The molecule has 78 valence electrons. The maximum Gasteiger partial charge on any atom is 0.122 e. The Morgan fingerprint density at radius 3 is 2.81 bits per heavy atom. The topological polar surface area (TPSA) is 62.5 Å². The van der Waals surface area contributed by atoms with Gasteiger partial charge in [0.05, 0.1) is 10.6 Å². The normalized spacial score (nSPS) is 9.75. The molecule has 2 heterocycles. The number of halogens is 1. The van der Waals surface area contributed by atoms with Crippen LogP contribution in [-0.4, -0.2) is 15.0 Å². The summed E-state index contributed by atoms with van der Waals surface area (Å²) in [6, 6.07) is 5.33. The third kappa shape index (κ3) is 2.30. The van der Waals surface area contributed by atoms with Gasteiger partial charge < -0.3 is 0 Å². The number of hydrogen-bond donors (Lipinski definition) is 0. The fourth-order valence-corrected chi connectivity index (χ4v) is 2.03. The molecule has 0 aliphatic carbocycles. The fraction of sp³-hybridized carbons (Fsp3) is 0. The average molecular weight is 249 g/mol. The lowest BCUT2D eigenvalue weighted by molar-refractivity contribution is 1.04. The SMILES string of the molecule is N#Cc1ccnc(Sc2ccncn2)c1Cl. The molecule has 0 unspecified atom stereocenters. The van der Waals surface area contributed by atoms with Gasteiger partial charge in [-0.2, -0.15) is 5.26 Å². The zero-order valence-electron chi connectivity index (χ0n) is 7.96. The lowest BCUT2D eigenvalue weighted by Gasteiger charge is -2.02. The molecule has 0 atom stereocenters. The van der Waals surface area contributed by atoms with Gasteiger partial charge in [-0.15, -0.1) is 0 Å². The molecule has 0 aliphatic rings. The molecular weight excluding hydrogens is 244 g/mol. The van der Waals surface area contributed by atoms with E-state index in [0.717, 1.165) is 5.03 Å². The van der Waals surface area contributed by atoms with E-state index in [9.17, 15) is 0 Å².